The van der Waals surface area contributed by atoms with E-state index in [0.29, 0.717) is 22.5 Å². The van der Waals surface area contributed by atoms with Gasteiger partial charge < -0.3 is 0 Å². The fourth-order valence-electron chi connectivity index (χ4n) is 1.88. The van der Waals surface area contributed by atoms with Crippen LogP contribution >= 0.6 is 0 Å². The highest BCUT2D eigenvalue weighted by Gasteiger charge is 2.15. The summed E-state index contributed by atoms with van der Waals surface area (Å²) in [4.78, 5) is 16.4. The topological polar surface area (TPSA) is 73.9 Å². The molecule has 0 spiro atoms. The molecule has 0 unspecified atom stereocenters. The van der Waals surface area contributed by atoms with Gasteiger partial charge in [-0.15, -0.1) is 0 Å². The summed E-state index contributed by atoms with van der Waals surface area (Å²) in [5, 5.41) is 11.6. The lowest BCUT2D eigenvalue weighted by Gasteiger charge is -2.07. The van der Waals surface area contributed by atoms with Gasteiger partial charge in [-0.3, -0.25) is 9.89 Å². The Balaban J connectivity index is 2.92. The zero-order valence-corrected chi connectivity index (χ0v) is 9.40. The number of fused-ring (bicyclic) bond motifs is 1. The predicted octanol–water partition coefficient (Wildman–Crippen LogP) is 1.33. The quantitative estimate of drug-likeness (QED) is 0.781. The fraction of sp³-hybridized carbons (Fsp3) is 0.364. The van der Waals surface area contributed by atoms with Crippen LogP contribution in [-0.2, 0) is 0 Å². The lowest BCUT2D eigenvalue weighted by molar-refractivity contribution is 0.780. The van der Waals surface area contributed by atoms with Crippen molar-refractivity contribution in [3.05, 3.63) is 33.4 Å². The second-order valence-electron chi connectivity index (χ2n) is 4.03. The molecular formula is C11H12N4O. The first-order valence-corrected chi connectivity index (χ1v) is 5.07. The van der Waals surface area contributed by atoms with E-state index in [1.54, 1.807) is 6.92 Å². The van der Waals surface area contributed by atoms with Gasteiger partial charge >= 0.3 is 0 Å². The number of hydrogen-bond donors (Lipinski definition) is 1. The van der Waals surface area contributed by atoms with E-state index in [1.165, 1.54) is 10.7 Å². The zero-order valence-electron chi connectivity index (χ0n) is 9.40. The molecule has 82 valence electrons. The van der Waals surface area contributed by atoms with Crippen molar-refractivity contribution in [3.8, 4) is 6.07 Å². The molecule has 5 nitrogen and oxygen atoms in total. The van der Waals surface area contributed by atoms with E-state index in [2.05, 4.69) is 10.1 Å². The highest BCUT2D eigenvalue weighted by atomic mass is 16.1. The number of rotatable bonds is 1. The predicted molar refractivity (Wildman–Crippen MR) is 59.4 cm³/mol. The van der Waals surface area contributed by atoms with E-state index in [9.17, 15) is 4.79 Å². The molecule has 1 N–H and O–H groups in total. The maximum atomic E-state index is 12.1. The molecular weight excluding hydrogens is 204 g/mol. The minimum atomic E-state index is -0.126. The smallest absolute Gasteiger partial charge is 0.276 e. The third-order valence-electron chi connectivity index (χ3n) is 2.59. The van der Waals surface area contributed by atoms with Crippen LogP contribution in [0.5, 0.6) is 0 Å². The molecule has 2 aromatic heterocycles. The summed E-state index contributed by atoms with van der Waals surface area (Å²) >= 11 is 0. The first-order chi connectivity index (χ1) is 7.56. The SMILES string of the molecule is Cc1nc2c(C#N)c[nH]n2c(=O)c1C(C)C. The van der Waals surface area contributed by atoms with Gasteiger partial charge in [-0.1, -0.05) is 13.8 Å². The number of nitriles is 1. The summed E-state index contributed by atoms with van der Waals surface area (Å²) < 4.78 is 1.32. The molecule has 0 aliphatic rings. The molecule has 0 aliphatic heterocycles. The second-order valence-corrected chi connectivity index (χ2v) is 4.03. The van der Waals surface area contributed by atoms with Crippen molar-refractivity contribution in [3.63, 3.8) is 0 Å². The van der Waals surface area contributed by atoms with Crippen LogP contribution < -0.4 is 5.56 Å². The Kier molecular flexibility index (Phi) is 2.27. The van der Waals surface area contributed by atoms with E-state index < -0.39 is 0 Å². The molecule has 0 saturated heterocycles. The first-order valence-electron chi connectivity index (χ1n) is 5.07. The van der Waals surface area contributed by atoms with Crippen molar-refractivity contribution in [2.45, 2.75) is 26.7 Å². The maximum Gasteiger partial charge on any atom is 0.276 e. The monoisotopic (exact) mass is 216 g/mol. The number of aryl methyl sites for hydroxylation is 1. The Morgan fingerprint density at radius 1 is 1.56 bits per heavy atom. The summed E-state index contributed by atoms with van der Waals surface area (Å²) in [7, 11) is 0. The van der Waals surface area contributed by atoms with Gasteiger partial charge in [-0.25, -0.2) is 9.50 Å². The number of aromatic nitrogens is 3. The zero-order chi connectivity index (χ0) is 11.9. The Bertz CT molecular complexity index is 642. The summed E-state index contributed by atoms with van der Waals surface area (Å²) in [6.07, 6.45) is 1.49. The van der Waals surface area contributed by atoms with E-state index in [4.69, 9.17) is 5.26 Å². The Hall–Kier alpha value is -2.09. The van der Waals surface area contributed by atoms with Crippen molar-refractivity contribution in [2.24, 2.45) is 0 Å². The van der Waals surface area contributed by atoms with Gasteiger partial charge in [-0.2, -0.15) is 5.26 Å². The van der Waals surface area contributed by atoms with Gasteiger partial charge in [0.05, 0.1) is 0 Å². The standard InChI is InChI=1S/C11H12N4O/c1-6(2)9-7(3)14-10-8(4-12)5-13-15(10)11(9)16/h5-6,13H,1-3H3. The van der Waals surface area contributed by atoms with Gasteiger partial charge in [0.25, 0.3) is 5.56 Å². The van der Waals surface area contributed by atoms with Crippen LogP contribution in [0.2, 0.25) is 0 Å². The molecule has 16 heavy (non-hydrogen) atoms. The van der Waals surface area contributed by atoms with Crippen LogP contribution in [-0.4, -0.2) is 14.6 Å². The molecule has 2 rings (SSSR count). The van der Waals surface area contributed by atoms with Crippen LogP contribution in [0.15, 0.2) is 11.0 Å². The summed E-state index contributed by atoms with van der Waals surface area (Å²) in [6, 6.07) is 2.00. The number of hydrogen-bond acceptors (Lipinski definition) is 3. The van der Waals surface area contributed by atoms with Crippen LogP contribution in [0, 0.1) is 18.3 Å². The minimum absolute atomic E-state index is 0.116. The lowest BCUT2D eigenvalue weighted by atomic mass is 10.0. The second kappa shape index (κ2) is 3.49. The van der Waals surface area contributed by atoms with Crippen molar-refractivity contribution < 1.29 is 0 Å². The average Bonchev–Trinajstić information content (AvgIpc) is 2.60. The number of nitrogens with zero attached hydrogens (tertiary/aromatic N) is 3. The normalized spacial score (nSPS) is 10.9. The van der Waals surface area contributed by atoms with E-state index in [1.807, 2.05) is 19.9 Å². The highest BCUT2D eigenvalue weighted by molar-refractivity contribution is 5.54. The minimum Gasteiger partial charge on any atom is -0.295 e. The highest BCUT2D eigenvalue weighted by Crippen LogP contribution is 2.14. The van der Waals surface area contributed by atoms with Crippen molar-refractivity contribution in [2.75, 3.05) is 0 Å². The molecule has 0 aliphatic carbocycles. The third-order valence-corrected chi connectivity index (χ3v) is 2.59. The number of H-pyrrole nitrogens is 1. The van der Waals surface area contributed by atoms with Crippen LogP contribution in [0.1, 0.15) is 36.6 Å². The molecule has 2 aromatic rings. The molecule has 0 atom stereocenters. The lowest BCUT2D eigenvalue weighted by Crippen LogP contribution is -2.22. The van der Waals surface area contributed by atoms with Crippen molar-refractivity contribution in [1.29, 1.82) is 5.26 Å². The molecule has 5 heteroatoms. The maximum absolute atomic E-state index is 12.1. The first kappa shape index (κ1) is 10.4. The average molecular weight is 216 g/mol. The molecule has 0 bridgehead atoms. The number of aromatic amines is 1. The summed E-state index contributed by atoms with van der Waals surface area (Å²) in [6.45, 7) is 5.70. The Morgan fingerprint density at radius 3 is 2.81 bits per heavy atom. The summed E-state index contributed by atoms with van der Waals surface area (Å²) in [5.41, 5.74) is 2.03. The molecule has 0 amide bonds. The molecule has 0 fully saturated rings. The molecule has 0 saturated carbocycles. The summed E-state index contributed by atoms with van der Waals surface area (Å²) in [5.74, 6) is 0.116. The van der Waals surface area contributed by atoms with Crippen molar-refractivity contribution in [1.82, 2.24) is 14.6 Å². The fourth-order valence-corrected chi connectivity index (χ4v) is 1.88. The molecule has 0 aromatic carbocycles. The van der Waals surface area contributed by atoms with Gasteiger partial charge in [0.15, 0.2) is 5.65 Å². The number of nitrogens with one attached hydrogen (secondary N) is 1. The molecule has 0 radical (unpaired) electrons. The van der Waals surface area contributed by atoms with Gasteiger partial charge in [0.1, 0.15) is 11.6 Å². The van der Waals surface area contributed by atoms with E-state index in [-0.39, 0.29) is 11.5 Å². The third kappa shape index (κ3) is 1.31. The van der Waals surface area contributed by atoms with Crippen LogP contribution in [0.3, 0.4) is 0 Å². The van der Waals surface area contributed by atoms with Gasteiger partial charge in [0, 0.05) is 17.5 Å². The van der Waals surface area contributed by atoms with E-state index >= 15 is 0 Å². The van der Waals surface area contributed by atoms with E-state index in [0.717, 1.165) is 0 Å². The van der Waals surface area contributed by atoms with Gasteiger partial charge in [0.2, 0.25) is 0 Å². The van der Waals surface area contributed by atoms with Gasteiger partial charge in [-0.05, 0) is 12.8 Å². The Morgan fingerprint density at radius 2 is 2.25 bits per heavy atom. The Labute approximate surface area is 92.3 Å². The molecule has 2 heterocycles. The van der Waals surface area contributed by atoms with Crippen molar-refractivity contribution >= 4 is 5.65 Å². The van der Waals surface area contributed by atoms with Crippen LogP contribution in [0.25, 0.3) is 5.65 Å². The van der Waals surface area contributed by atoms with Crippen LogP contribution in [0.4, 0.5) is 0 Å². The largest absolute Gasteiger partial charge is 0.295 e.